The summed E-state index contributed by atoms with van der Waals surface area (Å²) in [6.45, 7) is 2.59. The smallest absolute Gasteiger partial charge is 0.0760 e. The molecule has 0 saturated heterocycles. The van der Waals surface area contributed by atoms with Gasteiger partial charge in [-0.1, -0.05) is 22.0 Å². The van der Waals surface area contributed by atoms with E-state index in [1.165, 1.54) is 10.9 Å². The maximum absolute atomic E-state index is 5.70. The van der Waals surface area contributed by atoms with Gasteiger partial charge in [-0.25, -0.2) is 0 Å². The minimum absolute atomic E-state index is 0.508. The van der Waals surface area contributed by atoms with Crippen molar-refractivity contribution in [2.24, 2.45) is 5.73 Å². The van der Waals surface area contributed by atoms with Crippen LogP contribution in [0.1, 0.15) is 11.1 Å². The maximum atomic E-state index is 5.70. The van der Waals surface area contributed by atoms with Gasteiger partial charge in [0.25, 0.3) is 0 Å². The number of rotatable bonds is 1. The minimum atomic E-state index is 0.508. The van der Waals surface area contributed by atoms with Crippen molar-refractivity contribution in [1.82, 2.24) is 4.98 Å². The Kier molecular flexibility index (Phi) is 2.52. The molecular formula is C11H11BrN2. The Labute approximate surface area is 91.3 Å². The van der Waals surface area contributed by atoms with Gasteiger partial charge < -0.3 is 5.73 Å². The summed E-state index contributed by atoms with van der Waals surface area (Å²) in [5.74, 6) is 0. The monoisotopic (exact) mass is 250 g/mol. The molecule has 2 N–H and O–H groups in total. The summed E-state index contributed by atoms with van der Waals surface area (Å²) in [6, 6.07) is 6.11. The van der Waals surface area contributed by atoms with Crippen LogP contribution in [0.4, 0.5) is 0 Å². The summed E-state index contributed by atoms with van der Waals surface area (Å²) in [7, 11) is 0. The number of nitrogens with zero attached hydrogens (tertiary/aromatic N) is 1. The molecule has 0 fully saturated rings. The Balaban J connectivity index is 2.88. The Bertz CT molecular complexity index is 480. The first-order valence-corrected chi connectivity index (χ1v) is 5.26. The molecule has 2 aromatic rings. The molecule has 0 spiro atoms. The molecule has 0 aliphatic rings. The highest BCUT2D eigenvalue weighted by Gasteiger charge is 2.06. The van der Waals surface area contributed by atoms with Gasteiger partial charge in [-0.3, -0.25) is 4.98 Å². The van der Waals surface area contributed by atoms with Gasteiger partial charge in [0.1, 0.15) is 0 Å². The van der Waals surface area contributed by atoms with E-state index in [4.69, 9.17) is 5.73 Å². The zero-order chi connectivity index (χ0) is 10.1. The van der Waals surface area contributed by atoms with Crippen LogP contribution in [0, 0.1) is 6.92 Å². The van der Waals surface area contributed by atoms with E-state index < -0.39 is 0 Å². The zero-order valence-corrected chi connectivity index (χ0v) is 9.51. The molecule has 0 radical (unpaired) electrons. The number of aryl methyl sites for hydroxylation is 1. The average Bonchev–Trinajstić information content (AvgIpc) is 2.18. The fourth-order valence-electron chi connectivity index (χ4n) is 1.58. The second kappa shape index (κ2) is 3.67. The van der Waals surface area contributed by atoms with Gasteiger partial charge in [0.05, 0.1) is 5.52 Å². The number of nitrogens with two attached hydrogens (primary N) is 1. The lowest BCUT2D eigenvalue weighted by atomic mass is 10.1. The Morgan fingerprint density at radius 1 is 1.36 bits per heavy atom. The van der Waals surface area contributed by atoms with Crippen LogP contribution in [0.3, 0.4) is 0 Å². The van der Waals surface area contributed by atoms with Crippen molar-refractivity contribution in [3.05, 3.63) is 40.0 Å². The molecule has 2 rings (SSSR count). The van der Waals surface area contributed by atoms with Crippen LogP contribution in [-0.4, -0.2) is 4.98 Å². The lowest BCUT2D eigenvalue weighted by molar-refractivity contribution is 1.07. The van der Waals surface area contributed by atoms with Crippen molar-refractivity contribution in [3.8, 4) is 0 Å². The third-order valence-corrected chi connectivity index (χ3v) is 3.13. The highest BCUT2D eigenvalue weighted by Crippen LogP contribution is 2.26. The topological polar surface area (TPSA) is 38.9 Å². The van der Waals surface area contributed by atoms with Gasteiger partial charge >= 0.3 is 0 Å². The fourth-order valence-corrected chi connectivity index (χ4v) is 2.07. The summed E-state index contributed by atoms with van der Waals surface area (Å²) < 4.78 is 1.03. The number of hydrogen-bond acceptors (Lipinski definition) is 2. The van der Waals surface area contributed by atoms with Gasteiger partial charge in [-0.2, -0.15) is 0 Å². The molecule has 1 heterocycles. The quantitative estimate of drug-likeness (QED) is 0.846. The number of benzene rings is 1. The molecular weight excluding hydrogens is 240 g/mol. The normalized spacial score (nSPS) is 10.8. The first kappa shape index (κ1) is 9.62. The summed E-state index contributed by atoms with van der Waals surface area (Å²) in [4.78, 5) is 4.36. The van der Waals surface area contributed by atoms with Gasteiger partial charge in [0, 0.05) is 28.2 Å². The highest BCUT2D eigenvalue weighted by molar-refractivity contribution is 9.10. The first-order chi connectivity index (χ1) is 6.74. The van der Waals surface area contributed by atoms with Crippen LogP contribution >= 0.6 is 15.9 Å². The fraction of sp³-hybridized carbons (Fsp3) is 0.182. The van der Waals surface area contributed by atoms with Crippen molar-refractivity contribution < 1.29 is 0 Å². The predicted molar refractivity (Wildman–Crippen MR) is 62.1 cm³/mol. The maximum Gasteiger partial charge on any atom is 0.0760 e. The molecule has 1 aromatic carbocycles. The molecule has 2 nitrogen and oxygen atoms in total. The number of fused-ring (bicyclic) bond motifs is 1. The Hall–Kier alpha value is -0.930. The van der Waals surface area contributed by atoms with Crippen LogP contribution in [0.25, 0.3) is 10.9 Å². The SMILES string of the molecule is Cc1ccnc2c(CN)c(Br)ccc12. The van der Waals surface area contributed by atoms with Crippen molar-refractivity contribution in [3.63, 3.8) is 0 Å². The molecule has 1 aromatic heterocycles. The molecule has 72 valence electrons. The van der Waals surface area contributed by atoms with Crippen molar-refractivity contribution >= 4 is 26.8 Å². The highest BCUT2D eigenvalue weighted by atomic mass is 79.9. The van der Waals surface area contributed by atoms with Crippen molar-refractivity contribution in [2.75, 3.05) is 0 Å². The van der Waals surface area contributed by atoms with E-state index in [-0.39, 0.29) is 0 Å². The van der Waals surface area contributed by atoms with Gasteiger partial charge in [-0.15, -0.1) is 0 Å². The molecule has 3 heteroatoms. The van der Waals surface area contributed by atoms with Crippen LogP contribution < -0.4 is 5.73 Å². The summed E-state index contributed by atoms with van der Waals surface area (Å²) in [5, 5.41) is 1.18. The molecule has 0 atom stereocenters. The van der Waals surface area contributed by atoms with Gasteiger partial charge in [0.2, 0.25) is 0 Å². The van der Waals surface area contributed by atoms with Crippen molar-refractivity contribution in [1.29, 1.82) is 0 Å². The van der Waals surface area contributed by atoms with E-state index >= 15 is 0 Å². The van der Waals surface area contributed by atoms with E-state index in [0.717, 1.165) is 15.6 Å². The summed E-state index contributed by atoms with van der Waals surface area (Å²) >= 11 is 3.48. The Morgan fingerprint density at radius 3 is 2.86 bits per heavy atom. The molecule has 0 amide bonds. The zero-order valence-electron chi connectivity index (χ0n) is 7.92. The number of pyridine rings is 1. The minimum Gasteiger partial charge on any atom is -0.326 e. The van der Waals surface area contributed by atoms with E-state index in [1.54, 1.807) is 0 Å². The molecule has 0 bridgehead atoms. The molecule has 0 saturated carbocycles. The lowest BCUT2D eigenvalue weighted by Crippen LogP contribution is -2.00. The molecule has 14 heavy (non-hydrogen) atoms. The third-order valence-electron chi connectivity index (χ3n) is 2.38. The Morgan fingerprint density at radius 2 is 2.14 bits per heavy atom. The summed E-state index contributed by atoms with van der Waals surface area (Å²) in [5.41, 5.74) is 9.01. The first-order valence-electron chi connectivity index (χ1n) is 4.47. The summed E-state index contributed by atoms with van der Waals surface area (Å²) in [6.07, 6.45) is 1.82. The standard InChI is InChI=1S/C11H11BrN2/c1-7-4-5-14-11-8(7)2-3-10(12)9(11)6-13/h2-5H,6,13H2,1H3. The molecule has 0 aliphatic heterocycles. The third kappa shape index (κ3) is 1.42. The largest absolute Gasteiger partial charge is 0.326 e. The number of hydrogen-bond donors (Lipinski definition) is 1. The van der Waals surface area contributed by atoms with Crippen LogP contribution in [-0.2, 0) is 6.54 Å². The van der Waals surface area contributed by atoms with E-state index in [2.05, 4.69) is 33.9 Å². The van der Waals surface area contributed by atoms with Crippen LogP contribution in [0.2, 0.25) is 0 Å². The molecule has 0 aliphatic carbocycles. The number of halogens is 1. The lowest BCUT2D eigenvalue weighted by Gasteiger charge is -2.07. The predicted octanol–water partition coefficient (Wildman–Crippen LogP) is 2.76. The van der Waals surface area contributed by atoms with E-state index in [0.29, 0.717) is 6.54 Å². The van der Waals surface area contributed by atoms with Gasteiger partial charge in [0.15, 0.2) is 0 Å². The van der Waals surface area contributed by atoms with E-state index in [9.17, 15) is 0 Å². The molecule has 0 unspecified atom stereocenters. The van der Waals surface area contributed by atoms with Crippen LogP contribution in [0.15, 0.2) is 28.9 Å². The average molecular weight is 251 g/mol. The van der Waals surface area contributed by atoms with Gasteiger partial charge in [-0.05, 0) is 24.6 Å². The van der Waals surface area contributed by atoms with Crippen molar-refractivity contribution in [2.45, 2.75) is 13.5 Å². The second-order valence-corrected chi connectivity index (χ2v) is 4.11. The van der Waals surface area contributed by atoms with E-state index in [1.807, 2.05) is 18.3 Å². The second-order valence-electron chi connectivity index (χ2n) is 3.25. The number of aromatic nitrogens is 1. The van der Waals surface area contributed by atoms with Crippen LogP contribution in [0.5, 0.6) is 0 Å².